The normalized spacial score (nSPS) is 15.1. The Morgan fingerprint density at radius 2 is 2.07 bits per heavy atom. The number of benzene rings is 1. The number of aromatic nitrogens is 2. The molecule has 1 aromatic carbocycles. The van der Waals surface area contributed by atoms with Crippen LogP contribution in [0, 0.1) is 0 Å². The number of nitrogens with zero attached hydrogens (tertiary/aromatic N) is 3. The molecule has 0 saturated carbocycles. The fourth-order valence-corrected chi connectivity index (χ4v) is 3.42. The monoisotopic (exact) mass is 387 g/mol. The Morgan fingerprint density at radius 3 is 2.78 bits per heavy atom. The number of carbonyl (C=O) groups excluding carboxylic acids is 1. The zero-order valence-corrected chi connectivity index (χ0v) is 15.5. The predicted molar refractivity (Wildman–Crippen MR) is 97.9 cm³/mol. The van der Waals surface area contributed by atoms with Gasteiger partial charge in [-0.25, -0.2) is 0 Å². The zero-order valence-electron chi connectivity index (χ0n) is 14.7. The van der Waals surface area contributed by atoms with Crippen molar-refractivity contribution < 1.29 is 18.4 Å². The van der Waals surface area contributed by atoms with E-state index in [1.807, 2.05) is 0 Å². The van der Waals surface area contributed by atoms with E-state index in [1.54, 1.807) is 48.6 Å². The van der Waals surface area contributed by atoms with E-state index in [4.69, 9.17) is 25.2 Å². The highest BCUT2D eigenvalue weighted by Gasteiger charge is 2.29. The molecule has 27 heavy (non-hydrogen) atoms. The fraction of sp³-hybridized carbons (Fsp3) is 0.316. The van der Waals surface area contributed by atoms with Gasteiger partial charge in [0, 0.05) is 24.0 Å². The van der Waals surface area contributed by atoms with Crippen molar-refractivity contribution in [2.24, 2.45) is 0 Å². The first-order valence-electron chi connectivity index (χ1n) is 8.66. The van der Waals surface area contributed by atoms with Crippen LogP contribution < -0.4 is 4.74 Å². The van der Waals surface area contributed by atoms with E-state index in [1.165, 1.54) is 0 Å². The van der Waals surface area contributed by atoms with E-state index in [2.05, 4.69) is 10.2 Å². The minimum Gasteiger partial charge on any atom is -0.496 e. The summed E-state index contributed by atoms with van der Waals surface area (Å²) in [6.07, 6.45) is 3.05. The molecule has 7 nitrogen and oxygen atoms in total. The van der Waals surface area contributed by atoms with Crippen molar-refractivity contribution in [2.45, 2.75) is 18.8 Å². The summed E-state index contributed by atoms with van der Waals surface area (Å²) >= 11 is 6.04. The number of likely N-dealkylation sites (tertiary alicyclic amines) is 1. The summed E-state index contributed by atoms with van der Waals surface area (Å²) in [7, 11) is 1.54. The smallest absolute Gasteiger partial charge is 0.283 e. The van der Waals surface area contributed by atoms with Gasteiger partial charge in [-0.3, -0.25) is 4.79 Å². The highest BCUT2D eigenvalue weighted by atomic mass is 35.5. The third kappa shape index (κ3) is 3.55. The van der Waals surface area contributed by atoms with Crippen LogP contribution in [0.4, 0.5) is 0 Å². The van der Waals surface area contributed by atoms with E-state index in [-0.39, 0.29) is 11.8 Å². The van der Waals surface area contributed by atoms with Crippen LogP contribution in [0.3, 0.4) is 0 Å². The Morgan fingerprint density at radius 1 is 1.26 bits per heavy atom. The number of halogens is 1. The molecule has 1 fully saturated rings. The zero-order chi connectivity index (χ0) is 18.8. The Labute approximate surface area is 160 Å². The Kier molecular flexibility index (Phi) is 4.85. The van der Waals surface area contributed by atoms with Crippen molar-refractivity contribution in [2.75, 3.05) is 20.2 Å². The van der Waals surface area contributed by atoms with Gasteiger partial charge in [0.1, 0.15) is 5.75 Å². The maximum absolute atomic E-state index is 12.9. The first kappa shape index (κ1) is 17.6. The average molecular weight is 388 g/mol. The Balaban J connectivity index is 1.43. The number of ether oxygens (including phenoxy) is 1. The van der Waals surface area contributed by atoms with Gasteiger partial charge in [0.05, 0.1) is 18.9 Å². The number of methoxy groups -OCH3 is 1. The van der Waals surface area contributed by atoms with Crippen molar-refractivity contribution in [1.29, 1.82) is 0 Å². The maximum Gasteiger partial charge on any atom is 0.283 e. The van der Waals surface area contributed by atoms with E-state index >= 15 is 0 Å². The summed E-state index contributed by atoms with van der Waals surface area (Å²) in [5, 5.41) is 8.70. The van der Waals surface area contributed by atoms with Crippen LogP contribution in [0.5, 0.6) is 5.75 Å². The number of hydrogen-bond donors (Lipinski definition) is 0. The van der Waals surface area contributed by atoms with Crippen LogP contribution >= 0.6 is 11.6 Å². The molecule has 2 aromatic heterocycles. The Hall–Kier alpha value is -2.80. The van der Waals surface area contributed by atoms with Crippen LogP contribution in [0.15, 0.2) is 45.4 Å². The van der Waals surface area contributed by atoms with E-state index in [0.717, 1.165) is 12.8 Å². The topological polar surface area (TPSA) is 81.6 Å². The maximum atomic E-state index is 12.9. The highest BCUT2D eigenvalue weighted by molar-refractivity contribution is 6.31. The molecule has 8 heteroatoms. The summed E-state index contributed by atoms with van der Waals surface area (Å²) in [6.45, 7) is 1.19. The van der Waals surface area contributed by atoms with Gasteiger partial charge in [-0.15, -0.1) is 10.2 Å². The molecule has 0 spiro atoms. The molecule has 0 bridgehead atoms. The molecule has 3 heterocycles. The first-order chi connectivity index (χ1) is 13.2. The van der Waals surface area contributed by atoms with Crippen LogP contribution in [0.1, 0.15) is 35.0 Å². The van der Waals surface area contributed by atoms with Gasteiger partial charge in [0.2, 0.25) is 5.89 Å². The van der Waals surface area contributed by atoms with Gasteiger partial charge < -0.3 is 18.5 Å². The van der Waals surface area contributed by atoms with Gasteiger partial charge in [-0.2, -0.15) is 0 Å². The molecule has 0 N–H and O–H groups in total. The molecule has 1 saturated heterocycles. The molecular formula is C19H18ClN3O4. The number of piperidine rings is 1. The molecule has 1 aliphatic heterocycles. The Bertz CT molecular complexity index is 930. The molecule has 0 radical (unpaired) electrons. The van der Waals surface area contributed by atoms with Crippen LogP contribution in [0.25, 0.3) is 11.7 Å². The number of furan rings is 1. The highest BCUT2D eigenvalue weighted by Crippen LogP contribution is 2.31. The SMILES string of the molecule is COc1ccc(Cl)cc1C(=O)N1CCC(c2nnc(-c3ccco3)o2)CC1. The molecule has 0 unspecified atom stereocenters. The second-order valence-electron chi connectivity index (χ2n) is 6.33. The van der Waals surface area contributed by atoms with E-state index in [0.29, 0.717) is 47.0 Å². The van der Waals surface area contributed by atoms with Crippen LogP contribution in [-0.4, -0.2) is 41.2 Å². The molecule has 140 valence electrons. The van der Waals surface area contributed by atoms with Gasteiger partial charge in [-0.05, 0) is 43.2 Å². The minimum atomic E-state index is -0.0883. The predicted octanol–water partition coefficient (Wildman–Crippen LogP) is 4.01. The summed E-state index contributed by atoms with van der Waals surface area (Å²) in [4.78, 5) is 14.7. The lowest BCUT2D eigenvalue weighted by Gasteiger charge is -2.30. The lowest BCUT2D eigenvalue weighted by atomic mass is 9.96. The number of amides is 1. The average Bonchev–Trinajstić information content (AvgIpc) is 3.39. The standard InChI is InChI=1S/C19H18ClN3O4/c1-25-15-5-4-13(20)11-14(15)19(24)23-8-6-12(7-9-23)17-21-22-18(27-17)16-3-2-10-26-16/h2-5,10-12H,6-9H2,1H3. The molecular weight excluding hydrogens is 370 g/mol. The van der Waals surface area contributed by atoms with Crippen molar-refractivity contribution in [1.82, 2.24) is 15.1 Å². The lowest BCUT2D eigenvalue weighted by Crippen LogP contribution is -2.38. The van der Waals surface area contributed by atoms with Crippen LogP contribution in [-0.2, 0) is 0 Å². The molecule has 3 aromatic rings. The lowest BCUT2D eigenvalue weighted by molar-refractivity contribution is 0.0703. The number of hydrogen-bond acceptors (Lipinski definition) is 6. The third-order valence-electron chi connectivity index (χ3n) is 4.70. The van der Waals surface area contributed by atoms with Gasteiger partial charge in [-0.1, -0.05) is 11.6 Å². The molecule has 1 aliphatic rings. The molecule has 1 amide bonds. The van der Waals surface area contributed by atoms with Gasteiger partial charge in [0.15, 0.2) is 5.76 Å². The quantitative estimate of drug-likeness (QED) is 0.672. The molecule has 0 atom stereocenters. The fourth-order valence-electron chi connectivity index (χ4n) is 3.25. The summed E-state index contributed by atoms with van der Waals surface area (Å²) in [6, 6.07) is 8.60. The summed E-state index contributed by atoms with van der Waals surface area (Å²) in [5.41, 5.74) is 0.473. The van der Waals surface area contributed by atoms with E-state index < -0.39 is 0 Å². The van der Waals surface area contributed by atoms with Crippen molar-refractivity contribution in [3.05, 3.63) is 53.1 Å². The second-order valence-corrected chi connectivity index (χ2v) is 6.77. The molecule has 0 aliphatic carbocycles. The van der Waals surface area contributed by atoms with Crippen molar-refractivity contribution in [3.63, 3.8) is 0 Å². The van der Waals surface area contributed by atoms with Crippen molar-refractivity contribution >= 4 is 17.5 Å². The van der Waals surface area contributed by atoms with Crippen LogP contribution in [0.2, 0.25) is 5.02 Å². The van der Waals surface area contributed by atoms with Gasteiger partial charge in [0.25, 0.3) is 11.8 Å². The largest absolute Gasteiger partial charge is 0.496 e. The first-order valence-corrected chi connectivity index (χ1v) is 9.03. The second kappa shape index (κ2) is 7.44. The van der Waals surface area contributed by atoms with Gasteiger partial charge >= 0.3 is 0 Å². The minimum absolute atomic E-state index is 0.0883. The third-order valence-corrected chi connectivity index (χ3v) is 4.93. The summed E-state index contributed by atoms with van der Waals surface area (Å²) in [5.74, 6) is 2.05. The van der Waals surface area contributed by atoms with Crippen molar-refractivity contribution in [3.8, 4) is 17.4 Å². The summed E-state index contributed by atoms with van der Waals surface area (Å²) < 4.78 is 16.3. The number of carbonyl (C=O) groups is 1. The van der Waals surface area contributed by atoms with E-state index in [9.17, 15) is 4.79 Å². The molecule has 4 rings (SSSR count). The number of rotatable bonds is 4.